The third-order valence-corrected chi connectivity index (χ3v) is 2.96. The molecule has 1 atom stereocenters. The average molecular weight is 254 g/mol. The fourth-order valence-corrected chi connectivity index (χ4v) is 1.76. The van der Waals surface area contributed by atoms with Gasteiger partial charge in [0.2, 0.25) is 5.91 Å². The second kappa shape index (κ2) is 5.68. The number of hydrogen-bond acceptors (Lipinski definition) is 3. The van der Waals surface area contributed by atoms with E-state index >= 15 is 0 Å². The molecular formula is C10H17F3N2O2. The highest BCUT2D eigenvalue weighted by molar-refractivity contribution is 5.79. The third kappa shape index (κ3) is 4.16. The van der Waals surface area contributed by atoms with E-state index in [1.165, 1.54) is 0 Å². The summed E-state index contributed by atoms with van der Waals surface area (Å²) in [5.74, 6) is -0.884. The van der Waals surface area contributed by atoms with E-state index in [9.17, 15) is 18.0 Å². The van der Waals surface area contributed by atoms with Gasteiger partial charge in [0, 0.05) is 12.5 Å². The van der Waals surface area contributed by atoms with E-state index in [1.54, 1.807) is 6.92 Å². The van der Waals surface area contributed by atoms with E-state index in [-0.39, 0.29) is 12.5 Å². The zero-order chi connectivity index (χ0) is 13.1. The van der Waals surface area contributed by atoms with Gasteiger partial charge in [0.25, 0.3) is 0 Å². The first-order valence-electron chi connectivity index (χ1n) is 5.52. The Bertz CT molecular complexity index is 267. The molecule has 0 spiro atoms. The van der Waals surface area contributed by atoms with Crippen molar-refractivity contribution in [3.8, 4) is 0 Å². The Kier molecular flexibility index (Phi) is 4.76. The SMILES string of the molecule is CC(C(=O)N(CCO)CC(F)(F)F)C1CNC1. The van der Waals surface area contributed by atoms with Gasteiger partial charge in [0.05, 0.1) is 6.61 Å². The summed E-state index contributed by atoms with van der Waals surface area (Å²) in [6, 6.07) is 0. The number of carbonyl (C=O) groups excluding carboxylic acids is 1. The Balaban J connectivity index is 2.58. The molecule has 2 N–H and O–H groups in total. The molecule has 1 rings (SSSR count). The lowest BCUT2D eigenvalue weighted by Gasteiger charge is -2.35. The molecule has 0 aliphatic carbocycles. The van der Waals surface area contributed by atoms with Crippen LogP contribution in [-0.4, -0.2) is 54.9 Å². The van der Waals surface area contributed by atoms with Crippen molar-refractivity contribution in [3.63, 3.8) is 0 Å². The zero-order valence-corrected chi connectivity index (χ0v) is 9.63. The highest BCUT2D eigenvalue weighted by Crippen LogP contribution is 2.22. The van der Waals surface area contributed by atoms with Crippen LogP contribution in [0.4, 0.5) is 13.2 Å². The molecule has 0 aromatic rings. The van der Waals surface area contributed by atoms with Gasteiger partial charge in [-0.25, -0.2) is 0 Å². The molecule has 17 heavy (non-hydrogen) atoms. The normalized spacial score (nSPS) is 18.6. The first-order chi connectivity index (χ1) is 7.85. The Morgan fingerprint density at radius 3 is 2.47 bits per heavy atom. The summed E-state index contributed by atoms with van der Waals surface area (Å²) in [6.45, 7) is 0.920. The number of rotatable bonds is 5. The largest absolute Gasteiger partial charge is 0.406 e. The van der Waals surface area contributed by atoms with Gasteiger partial charge in [-0.1, -0.05) is 6.92 Å². The smallest absolute Gasteiger partial charge is 0.395 e. The molecule has 4 nitrogen and oxygen atoms in total. The average Bonchev–Trinajstić information content (AvgIpc) is 2.11. The lowest BCUT2D eigenvalue weighted by atomic mass is 9.88. The summed E-state index contributed by atoms with van der Waals surface area (Å²) in [5, 5.41) is 11.7. The van der Waals surface area contributed by atoms with Gasteiger partial charge >= 0.3 is 6.18 Å². The van der Waals surface area contributed by atoms with E-state index < -0.39 is 31.2 Å². The quantitative estimate of drug-likeness (QED) is 0.738. The van der Waals surface area contributed by atoms with Crippen molar-refractivity contribution in [2.45, 2.75) is 13.1 Å². The number of nitrogens with zero attached hydrogens (tertiary/aromatic N) is 1. The van der Waals surface area contributed by atoms with Gasteiger partial charge in [-0.2, -0.15) is 13.2 Å². The Morgan fingerprint density at radius 2 is 2.12 bits per heavy atom. The van der Waals surface area contributed by atoms with Crippen LogP contribution in [0.3, 0.4) is 0 Å². The minimum absolute atomic E-state index is 0.0944. The number of aliphatic hydroxyl groups excluding tert-OH is 1. The van der Waals surface area contributed by atoms with Crippen molar-refractivity contribution in [1.29, 1.82) is 0 Å². The standard InChI is InChI=1S/C10H17F3N2O2/c1-7(8-4-14-5-8)9(17)15(2-3-16)6-10(11,12)13/h7-8,14,16H,2-6H2,1H3. The molecule has 0 aromatic heterocycles. The zero-order valence-electron chi connectivity index (χ0n) is 9.63. The van der Waals surface area contributed by atoms with Crippen LogP contribution in [0.1, 0.15) is 6.92 Å². The Morgan fingerprint density at radius 1 is 1.53 bits per heavy atom. The maximum atomic E-state index is 12.3. The van der Waals surface area contributed by atoms with Crippen LogP contribution in [-0.2, 0) is 4.79 Å². The Labute approximate surface area is 97.8 Å². The number of halogens is 3. The molecule has 1 fully saturated rings. The van der Waals surface area contributed by atoms with E-state index in [1.807, 2.05) is 0 Å². The minimum Gasteiger partial charge on any atom is -0.395 e. The summed E-state index contributed by atoms with van der Waals surface area (Å²) in [6.07, 6.45) is -4.43. The summed E-state index contributed by atoms with van der Waals surface area (Å²) < 4.78 is 36.8. The highest BCUT2D eigenvalue weighted by Gasteiger charge is 2.37. The molecule has 1 aliphatic heterocycles. The molecule has 7 heteroatoms. The van der Waals surface area contributed by atoms with Crippen LogP contribution < -0.4 is 5.32 Å². The van der Waals surface area contributed by atoms with Crippen molar-refractivity contribution < 1.29 is 23.1 Å². The monoisotopic (exact) mass is 254 g/mol. The van der Waals surface area contributed by atoms with Crippen LogP contribution in [0.25, 0.3) is 0 Å². The number of carbonyl (C=O) groups is 1. The van der Waals surface area contributed by atoms with Crippen molar-refractivity contribution in [1.82, 2.24) is 10.2 Å². The maximum absolute atomic E-state index is 12.3. The molecule has 100 valence electrons. The van der Waals surface area contributed by atoms with Crippen LogP contribution >= 0.6 is 0 Å². The number of amides is 1. The summed E-state index contributed by atoms with van der Waals surface area (Å²) >= 11 is 0. The maximum Gasteiger partial charge on any atom is 0.406 e. The fourth-order valence-electron chi connectivity index (χ4n) is 1.76. The molecule has 0 radical (unpaired) electrons. The van der Waals surface area contributed by atoms with Gasteiger partial charge < -0.3 is 15.3 Å². The summed E-state index contributed by atoms with van der Waals surface area (Å²) in [7, 11) is 0. The second-order valence-corrected chi connectivity index (χ2v) is 4.31. The molecule has 0 aromatic carbocycles. The third-order valence-electron chi connectivity index (χ3n) is 2.96. The van der Waals surface area contributed by atoms with Gasteiger partial charge in [0.1, 0.15) is 6.54 Å². The highest BCUT2D eigenvalue weighted by atomic mass is 19.4. The van der Waals surface area contributed by atoms with Crippen molar-refractivity contribution in [2.75, 3.05) is 32.8 Å². The van der Waals surface area contributed by atoms with E-state index in [4.69, 9.17) is 5.11 Å². The molecule has 1 amide bonds. The second-order valence-electron chi connectivity index (χ2n) is 4.31. The van der Waals surface area contributed by atoms with Crippen LogP contribution in [0.15, 0.2) is 0 Å². The number of hydrogen-bond donors (Lipinski definition) is 2. The lowest BCUT2D eigenvalue weighted by Crippen LogP contribution is -2.52. The first kappa shape index (κ1) is 14.2. The number of nitrogens with one attached hydrogen (secondary N) is 1. The molecular weight excluding hydrogens is 237 g/mol. The topological polar surface area (TPSA) is 52.6 Å². The van der Waals surface area contributed by atoms with Gasteiger partial charge in [0.15, 0.2) is 0 Å². The Hall–Kier alpha value is -0.820. The van der Waals surface area contributed by atoms with E-state index in [0.717, 1.165) is 0 Å². The predicted molar refractivity (Wildman–Crippen MR) is 55.2 cm³/mol. The minimum atomic E-state index is -4.43. The number of alkyl halides is 3. The summed E-state index contributed by atoms with van der Waals surface area (Å²) in [5.41, 5.74) is 0. The predicted octanol–water partition coefficient (Wildman–Crippen LogP) is 0.225. The first-order valence-corrected chi connectivity index (χ1v) is 5.52. The van der Waals surface area contributed by atoms with Gasteiger partial charge in [-0.3, -0.25) is 4.79 Å². The van der Waals surface area contributed by atoms with Gasteiger partial charge in [-0.15, -0.1) is 0 Å². The molecule has 0 saturated carbocycles. The molecule has 1 heterocycles. The van der Waals surface area contributed by atoms with Crippen molar-refractivity contribution in [3.05, 3.63) is 0 Å². The molecule has 1 unspecified atom stereocenters. The van der Waals surface area contributed by atoms with E-state index in [0.29, 0.717) is 18.0 Å². The molecule has 1 saturated heterocycles. The van der Waals surface area contributed by atoms with Crippen LogP contribution in [0, 0.1) is 11.8 Å². The summed E-state index contributed by atoms with van der Waals surface area (Å²) in [4.78, 5) is 12.5. The molecule has 0 bridgehead atoms. The fraction of sp³-hybridized carbons (Fsp3) is 0.900. The van der Waals surface area contributed by atoms with Gasteiger partial charge in [-0.05, 0) is 19.0 Å². The van der Waals surface area contributed by atoms with Crippen LogP contribution in [0.5, 0.6) is 0 Å². The molecule has 1 aliphatic rings. The van der Waals surface area contributed by atoms with Crippen molar-refractivity contribution >= 4 is 5.91 Å². The lowest BCUT2D eigenvalue weighted by molar-refractivity contribution is -0.165. The number of aliphatic hydroxyl groups is 1. The van der Waals surface area contributed by atoms with Crippen molar-refractivity contribution in [2.24, 2.45) is 11.8 Å². The van der Waals surface area contributed by atoms with E-state index in [2.05, 4.69) is 5.32 Å². The van der Waals surface area contributed by atoms with Crippen LogP contribution in [0.2, 0.25) is 0 Å².